The van der Waals surface area contributed by atoms with Gasteiger partial charge in [0.1, 0.15) is 34.1 Å². The van der Waals surface area contributed by atoms with Crippen LogP contribution in [0, 0.1) is 11.6 Å². The molecule has 1 heterocycles. The van der Waals surface area contributed by atoms with Gasteiger partial charge in [-0.2, -0.15) is 0 Å². The lowest BCUT2D eigenvalue weighted by molar-refractivity contribution is 0.584. The molecule has 2 aromatic rings. The average molecular weight is 315 g/mol. The predicted octanol–water partition coefficient (Wildman–Crippen LogP) is 3.30. The van der Waals surface area contributed by atoms with Crippen LogP contribution in [-0.2, 0) is 0 Å². The molecule has 0 aliphatic rings. The van der Waals surface area contributed by atoms with Gasteiger partial charge in [-0.15, -0.1) is 0 Å². The summed E-state index contributed by atoms with van der Waals surface area (Å²) in [6.07, 6.45) is 1.34. The Kier molecular flexibility index (Phi) is 3.71. The van der Waals surface area contributed by atoms with E-state index in [0.717, 1.165) is 6.07 Å². The van der Waals surface area contributed by atoms with Crippen LogP contribution in [0.4, 0.5) is 26.1 Å². The SMILES string of the molecule is CNc1ncnc(Nc2cc(F)cc(F)c2)c1Br. The van der Waals surface area contributed by atoms with Crippen molar-refractivity contribution in [2.45, 2.75) is 0 Å². The summed E-state index contributed by atoms with van der Waals surface area (Å²) in [5.41, 5.74) is 0.272. The van der Waals surface area contributed by atoms with Crippen molar-refractivity contribution in [3.05, 3.63) is 40.6 Å². The fourth-order valence-corrected chi connectivity index (χ4v) is 1.90. The molecule has 0 fully saturated rings. The number of nitrogens with zero attached hydrogens (tertiary/aromatic N) is 2. The molecular formula is C11H9BrF2N4. The molecule has 94 valence electrons. The molecule has 0 unspecified atom stereocenters. The molecule has 0 spiro atoms. The fraction of sp³-hybridized carbons (Fsp3) is 0.0909. The summed E-state index contributed by atoms with van der Waals surface area (Å²) < 4.78 is 26.7. The van der Waals surface area contributed by atoms with Gasteiger partial charge < -0.3 is 10.6 Å². The molecule has 1 aromatic carbocycles. The van der Waals surface area contributed by atoms with E-state index in [2.05, 4.69) is 36.5 Å². The molecule has 18 heavy (non-hydrogen) atoms. The first-order valence-corrected chi connectivity index (χ1v) is 5.81. The molecule has 2 rings (SSSR count). The molecule has 4 nitrogen and oxygen atoms in total. The first kappa shape index (κ1) is 12.7. The largest absolute Gasteiger partial charge is 0.372 e. The Bertz CT molecular complexity index is 557. The van der Waals surface area contributed by atoms with E-state index in [1.165, 1.54) is 18.5 Å². The maximum absolute atomic E-state index is 13.0. The molecule has 0 atom stereocenters. The molecule has 1 aromatic heterocycles. The zero-order valence-electron chi connectivity index (χ0n) is 9.34. The van der Waals surface area contributed by atoms with Gasteiger partial charge in [-0.3, -0.25) is 0 Å². The van der Waals surface area contributed by atoms with Gasteiger partial charge >= 0.3 is 0 Å². The summed E-state index contributed by atoms with van der Waals surface area (Å²) in [7, 11) is 1.71. The van der Waals surface area contributed by atoms with Gasteiger partial charge in [-0.05, 0) is 28.1 Å². The summed E-state index contributed by atoms with van der Waals surface area (Å²) >= 11 is 3.30. The van der Waals surface area contributed by atoms with E-state index in [-0.39, 0.29) is 5.69 Å². The van der Waals surface area contributed by atoms with Crippen LogP contribution in [0.15, 0.2) is 29.0 Å². The van der Waals surface area contributed by atoms with Crippen molar-refractivity contribution in [2.75, 3.05) is 17.7 Å². The van der Waals surface area contributed by atoms with Crippen LogP contribution in [0.25, 0.3) is 0 Å². The fourth-order valence-electron chi connectivity index (χ4n) is 1.39. The van der Waals surface area contributed by atoms with Crippen LogP contribution in [0.2, 0.25) is 0 Å². The lowest BCUT2D eigenvalue weighted by Crippen LogP contribution is -2.01. The van der Waals surface area contributed by atoms with Gasteiger partial charge in [-0.25, -0.2) is 18.7 Å². The Morgan fingerprint density at radius 1 is 1.06 bits per heavy atom. The van der Waals surface area contributed by atoms with Crippen molar-refractivity contribution in [2.24, 2.45) is 0 Å². The van der Waals surface area contributed by atoms with Crippen molar-refractivity contribution in [3.8, 4) is 0 Å². The number of rotatable bonds is 3. The molecule has 0 bridgehead atoms. The van der Waals surface area contributed by atoms with E-state index in [0.29, 0.717) is 16.1 Å². The Morgan fingerprint density at radius 2 is 1.67 bits per heavy atom. The van der Waals surface area contributed by atoms with E-state index in [9.17, 15) is 8.78 Å². The topological polar surface area (TPSA) is 49.8 Å². The molecule has 0 amide bonds. The average Bonchev–Trinajstić information content (AvgIpc) is 2.30. The van der Waals surface area contributed by atoms with Gasteiger partial charge in [0.2, 0.25) is 0 Å². The van der Waals surface area contributed by atoms with E-state index in [1.807, 2.05) is 0 Å². The molecule has 2 N–H and O–H groups in total. The number of nitrogens with one attached hydrogen (secondary N) is 2. The number of anilines is 3. The normalized spacial score (nSPS) is 10.2. The second-order valence-corrected chi connectivity index (χ2v) is 4.21. The monoisotopic (exact) mass is 314 g/mol. The Labute approximate surface area is 111 Å². The van der Waals surface area contributed by atoms with Crippen molar-refractivity contribution in [1.29, 1.82) is 0 Å². The van der Waals surface area contributed by atoms with Crippen molar-refractivity contribution in [3.63, 3.8) is 0 Å². The summed E-state index contributed by atoms with van der Waals surface area (Å²) in [6.45, 7) is 0. The third kappa shape index (κ3) is 2.73. The lowest BCUT2D eigenvalue weighted by Gasteiger charge is -2.10. The van der Waals surface area contributed by atoms with Crippen molar-refractivity contribution >= 4 is 33.3 Å². The summed E-state index contributed by atoms with van der Waals surface area (Å²) in [5.74, 6) is -0.322. The maximum atomic E-state index is 13.0. The smallest absolute Gasteiger partial charge is 0.150 e. The van der Waals surface area contributed by atoms with Crippen LogP contribution < -0.4 is 10.6 Å². The molecule has 7 heteroatoms. The minimum Gasteiger partial charge on any atom is -0.372 e. The third-order valence-electron chi connectivity index (χ3n) is 2.15. The first-order chi connectivity index (χ1) is 8.60. The molecule has 0 radical (unpaired) electrons. The van der Waals surface area contributed by atoms with E-state index in [4.69, 9.17) is 0 Å². The van der Waals surface area contributed by atoms with Crippen LogP contribution in [0.3, 0.4) is 0 Å². The Hall–Kier alpha value is -1.76. The van der Waals surface area contributed by atoms with Crippen LogP contribution in [0.5, 0.6) is 0 Å². The number of benzene rings is 1. The van der Waals surface area contributed by atoms with Gasteiger partial charge in [0.15, 0.2) is 0 Å². The van der Waals surface area contributed by atoms with E-state index < -0.39 is 11.6 Å². The molecule has 0 saturated carbocycles. The molecule has 0 saturated heterocycles. The highest BCUT2D eigenvalue weighted by atomic mass is 79.9. The number of halogens is 3. The summed E-state index contributed by atoms with van der Waals surface area (Å²) in [6, 6.07) is 3.16. The highest BCUT2D eigenvalue weighted by molar-refractivity contribution is 9.10. The van der Waals surface area contributed by atoms with E-state index in [1.54, 1.807) is 7.05 Å². The van der Waals surface area contributed by atoms with Gasteiger partial charge in [0.05, 0.1) is 0 Å². The predicted molar refractivity (Wildman–Crippen MR) is 68.9 cm³/mol. The standard InChI is InChI=1S/C11H9BrF2N4/c1-15-10-9(12)11(17-5-16-10)18-8-3-6(13)2-7(14)4-8/h2-5H,1H3,(H2,15,16,17,18). The Balaban J connectivity index is 2.34. The van der Waals surface area contributed by atoms with Gasteiger partial charge in [0, 0.05) is 18.8 Å². The second-order valence-electron chi connectivity index (χ2n) is 3.42. The minimum atomic E-state index is -0.656. The number of hydrogen-bond donors (Lipinski definition) is 2. The summed E-state index contributed by atoms with van der Waals surface area (Å²) in [4.78, 5) is 7.96. The zero-order valence-corrected chi connectivity index (χ0v) is 10.9. The van der Waals surface area contributed by atoms with Crippen molar-refractivity contribution < 1.29 is 8.78 Å². The van der Waals surface area contributed by atoms with Crippen molar-refractivity contribution in [1.82, 2.24) is 9.97 Å². The quantitative estimate of drug-likeness (QED) is 0.912. The number of aromatic nitrogens is 2. The summed E-state index contributed by atoms with van der Waals surface area (Å²) in [5, 5.41) is 5.67. The lowest BCUT2D eigenvalue weighted by atomic mass is 10.3. The molecular weight excluding hydrogens is 306 g/mol. The minimum absolute atomic E-state index is 0.272. The maximum Gasteiger partial charge on any atom is 0.150 e. The van der Waals surface area contributed by atoms with Crippen LogP contribution in [0.1, 0.15) is 0 Å². The zero-order chi connectivity index (χ0) is 13.1. The first-order valence-electron chi connectivity index (χ1n) is 5.01. The van der Waals surface area contributed by atoms with Gasteiger partial charge in [-0.1, -0.05) is 0 Å². The highest BCUT2D eigenvalue weighted by Gasteiger charge is 2.08. The number of hydrogen-bond acceptors (Lipinski definition) is 4. The van der Waals surface area contributed by atoms with E-state index >= 15 is 0 Å². The highest BCUT2D eigenvalue weighted by Crippen LogP contribution is 2.28. The molecule has 0 aliphatic heterocycles. The molecule has 0 aliphatic carbocycles. The Morgan fingerprint density at radius 3 is 2.28 bits per heavy atom. The van der Waals surface area contributed by atoms with Gasteiger partial charge in [0.25, 0.3) is 0 Å². The van der Waals surface area contributed by atoms with Crippen LogP contribution >= 0.6 is 15.9 Å². The second kappa shape index (κ2) is 5.26. The third-order valence-corrected chi connectivity index (χ3v) is 2.90. The van der Waals surface area contributed by atoms with Crippen LogP contribution in [-0.4, -0.2) is 17.0 Å².